The Labute approximate surface area is 114 Å². The number of hydrogen-bond acceptors (Lipinski definition) is 3. The average molecular weight is 266 g/mol. The molecule has 0 aliphatic rings. The minimum Gasteiger partial charge on any atom is -0.385 e. The molecule has 0 spiro atoms. The van der Waals surface area contributed by atoms with Gasteiger partial charge < -0.3 is 10.6 Å². The fourth-order valence-electron chi connectivity index (χ4n) is 1.57. The zero-order valence-corrected chi connectivity index (χ0v) is 12.0. The Morgan fingerprint density at radius 3 is 2.61 bits per heavy atom. The average Bonchev–Trinajstić information content (AvgIpc) is 2.40. The van der Waals surface area contributed by atoms with E-state index in [0.29, 0.717) is 6.42 Å². The minimum atomic E-state index is 0.0484. The number of carbonyl (C=O) groups is 1. The van der Waals surface area contributed by atoms with Gasteiger partial charge in [-0.3, -0.25) is 4.79 Å². The molecule has 0 atom stereocenters. The van der Waals surface area contributed by atoms with Crippen LogP contribution in [0.15, 0.2) is 24.3 Å². The lowest BCUT2D eigenvalue weighted by atomic mass is 10.1. The highest BCUT2D eigenvalue weighted by molar-refractivity contribution is 7.99. The fourth-order valence-corrected chi connectivity index (χ4v) is 2.20. The summed E-state index contributed by atoms with van der Waals surface area (Å²) in [4.78, 5) is 11.2. The predicted octanol–water partition coefficient (Wildman–Crippen LogP) is 2.53. The number of amides is 1. The van der Waals surface area contributed by atoms with Crippen molar-refractivity contribution in [3.63, 3.8) is 0 Å². The van der Waals surface area contributed by atoms with Crippen molar-refractivity contribution in [2.75, 3.05) is 30.4 Å². The monoisotopic (exact) mass is 266 g/mol. The highest BCUT2D eigenvalue weighted by atomic mass is 32.2. The molecule has 0 radical (unpaired) electrons. The second-order valence-electron chi connectivity index (χ2n) is 4.02. The Bertz CT molecular complexity index is 351. The third-order valence-electron chi connectivity index (χ3n) is 2.60. The molecule has 0 heterocycles. The third-order valence-corrected chi connectivity index (χ3v) is 3.58. The number of hydrogen-bond donors (Lipinski definition) is 2. The van der Waals surface area contributed by atoms with Crippen LogP contribution in [0.3, 0.4) is 0 Å². The smallest absolute Gasteiger partial charge is 0.224 e. The summed E-state index contributed by atoms with van der Waals surface area (Å²) in [7, 11) is 1.66. The predicted molar refractivity (Wildman–Crippen MR) is 80.3 cm³/mol. The van der Waals surface area contributed by atoms with Crippen molar-refractivity contribution in [2.45, 2.75) is 19.8 Å². The van der Waals surface area contributed by atoms with Gasteiger partial charge in [0.25, 0.3) is 0 Å². The third kappa shape index (κ3) is 5.96. The topological polar surface area (TPSA) is 41.1 Å². The zero-order valence-electron chi connectivity index (χ0n) is 11.2. The second-order valence-corrected chi connectivity index (χ2v) is 5.42. The van der Waals surface area contributed by atoms with E-state index in [1.54, 1.807) is 7.05 Å². The van der Waals surface area contributed by atoms with Crippen LogP contribution >= 0.6 is 11.8 Å². The van der Waals surface area contributed by atoms with Crippen LogP contribution in [0, 0.1) is 0 Å². The Morgan fingerprint density at radius 1 is 1.28 bits per heavy atom. The number of anilines is 1. The van der Waals surface area contributed by atoms with Gasteiger partial charge in [0, 0.05) is 19.3 Å². The van der Waals surface area contributed by atoms with E-state index in [4.69, 9.17) is 0 Å². The molecule has 0 saturated heterocycles. The summed E-state index contributed by atoms with van der Waals surface area (Å²) in [6, 6.07) is 8.06. The first-order valence-electron chi connectivity index (χ1n) is 6.37. The van der Waals surface area contributed by atoms with Crippen molar-refractivity contribution < 1.29 is 4.79 Å². The molecule has 4 heteroatoms. The number of thioether (sulfide) groups is 1. The first-order valence-corrected chi connectivity index (χ1v) is 7.53. The summed E-state index contributed by atoms with van der Waals surface area (Å²) in [5, 5.41) is 6.01. The zero-order chi connectivity index (χ0) is 13.2. The molecular formula is C14H22N2OS. The van der Waals surface area contributed by atoms with Crippen molar-refractivity contribution in [3.8, 4) is 0 Å². The highest BCUT2D eigenvalue weighted by Crippen LogP contribution is 2.10. The Hall–Kier alpha value is -1.16. The molecule has 0 bridgehead atoms. The van der Waals surface area contributed by atoms with E-state index in [2.05, 4.69) is 17.6 Å². The van der Waals surface area contributed by atoms with Gasteiger partial charge in [-0.05, 0) is 35.6 Å². The highest BCUT2D eigenvalue weighted by Gasteiger charge is 2.00. The van der Waals surface area contributed by atoms with E-state index in [1.165, 1.54) is 17.9 Å². The Kier molecular flexibility index (Phi) is 7.34. The van der Waals surface area contributed by atoms with Gasteiger partial charge in [0.1, 0.15) is 0 Å². The van der Waals surface area contributed by atoms with Crippen LogP contribution in [0.5, 0.6) is 0 Å². The summed E-state index contributed by atoms with van der Waals surface area (Å²) in [5.74, 6) is 2.44. The van der Waals surface area contributed by atoms with E-state index < -0.39 is 0 Å². The van der Waals surface area contributed by atoms with Crippen LogP contribution in [-0.2, 0) is 11.2 Å². The van der Waals surface area contributed by atoms with Crippen molar-refractivity contribution in [3.05, 3.63) is 29.8 Å². The lowest BCUT2D eigenvalue weighted by Gasteiger charge is -2.07. The van der Waals surface area contributed by atoms with Crippen LogP contribution in [0.25, 0.3) is 0 Å². The van der Waals surface area contributed by atoms with Gasteiger partial charge in [-0.1, -0.05) is 19.1 Å². The van der Waals surface area contributed by atoms with Gasteiger partial charge in [-0.2, -0.15) is 11.8 Å². The SMILES string of the molecule is CCSCCCNc1ccc(CC(=O)NC)cc1. The van der Waals surface area contributed by atoms with Crippen molar-refractivity contribution in [2.24, 2.45) is 0 Å². The maximum atomic E-state index is 11.2. The summed E-state index contributed by atoms with van der Waals surface area (Å²) >= 11 is 1.97. The number of rotatable bonds is 8. The summed E-state index contributed by atoms with van der Waals surface area (Å²) < 4.78 is 0. The maximum Gasteiger partial charge on any atom is 0.224 e. The van der Waals surface area contributed by atoms with Crippen LogP contribution in [0.2, 0.25) is 0 Å². The molecular weight excluding hydrogens is 244 g/mol. The summed E-state index contributed by atoms with van der Waals surface area (Å²) in [6.45, 7) is 3.19. The van der Waals surface area contributed by atoms with Crippen LogP contribution in [0.1, 0.15) is 18.9 Å². The lowest BCUT2D eigenvalue weighted by Crippen LogP contribution is -2.19. The molecule has 3 nitrogen and oxygen atoms in total. The van der Waals surface area contributed by atoms with E-state index >= 15 is 0 Å². The van der Waals surface area contributed by atoms with Crippen molar-refractivity contribution >= 4 is 23.4 Å². The molecule has 100 valence electrons. The van der Waals surface area contributed by atoms with Crippen LogP contribution in [0.4, 0.5) is 5.69 Å². The largest absolute Gasteiger partial charge is 0.385 e. The van der Waals surface area contributed by atoms with Gasteiger partial charge in [-0.25, -0.2) is 0 Å². The molecule has 1 aromatic carbocycles. The number of carbonyl (C=O) groups excluding carboxylic acids is 1. The van der Waals surface area contributed by atoms with Gasteiger partial charge in [0.15, 0.2) is 0 Å². The van der Waals surface area contributed by atoms with E-state index in [0.717, 1.165) is 17.8 Å². The molecule has 1 amide bonds. The molecule has 0 aromatic heterocycles. The maximum absolute atomic E-state index is 11.2. The molecule has 18 heavy (non-hydrogen) atoms. The normalized spacial score (nSPS) is 10.1. The second kappa shape index (κ2) is 8.86. The van der Waals surface area contributed by atoms with E-state index in [1.807, 2.05) is 36.0 Å². The Morgan fingerprint density at radius 2 is 2.00 bits per heavy atom. The molecule has 0 fully saturated rings. The number of nitrogens with one attached hydrogen (secondary N) is 2. The minimum absolute atomic E-state index is 0.0484. The van der Waals surface area contributed by atoms with E-state index in [-0.39, 0.29) is 5.91 Å². The molecule has 1 aromatic rings. The fraction of sp³-hybridized carbons (Fsp3) is 0.500. The molecule has 1 rings (SSSR count). The lowest BCUT2D eigenvalue weighted by molar-refractivity contribution is -0.119. The standard InChI is InChI=1S/C14H22N2OS/c1-3-18-10-4-9-16-13-7-5-12(6-8-13)11-14(17)15-2/h5-8,16H,3-4,9-11H2,1-2H3,(H,15,17). The van der Waals surface area contributed by atoms with Gasteiger partial charge in [-0.15, -0.1) is 0 Å². The molecule has 2 N–H and O–H groups in total. The van der Waals surface area contributed by atoms with Crippen molar-refractivity contribution in [1.82, 2.24) is 5.32 Å². The molecule has 0 aliphatic carbocycles. The summed E-state index contributed by atoms with van der Waals surface area (Å²) in [6.07, 6.45) is 1.63. The summed E-state index contributed by atoms with van der Waals surface area (Å²) in [5.41, 5.74) is 2.17. The first-order chi connectivity index (χ1) is 8.76. The first kappa shape index (κ1) is 14.9. The number of benzene rings is 1. The quantitative estimate of drug-likeness (QED) is 0.710. The van der Waals surface area contributed by atoms with Gasteiger partial charge in [0.05, 0.1) is 6.42 Å². The van der Waals surface area contributed by atoms with Crippen LogP contribution < -0.4 is 10.6 Å². The van der Waals surface area contributed by atoms with Crippen LogP contribution in [-0.4, -0.2) is 31.0 Å². The molecule has 0 unspecified atom stereocenters. The molecule has 0 saturated carbocycles. The van der Waals surface area contributed by atoms with Gasteiger partial charge >= 0.3 is 0 Å². The number of likely N-dealkylation sites (N-methyl/N-ethyl adjacent to an activating group) is 1. The van der Waals surface area contributed by atoms with Gasteiger partial charge in [0.2, 0.25) is 5.91 Å². The Balaban J connectivity index is 2.29. The molecule has 0 aliphatic heterocycles. The van der Waals surface area contributed by atoms with Crippen molar-refractivity contribution in [1.29, 1.82) is 0 Å². The van der Waals surface area contributed by atoms with E-state index in [9.17, 15) is 4.79 Å².